The average Bonchev–Trinajstić information content (AvgIpc) is 3.57. The Bertz CT molecular complexity index is 1400. The Hall–Kier alpha value is -4.22. The molecule has 0 unspecified atom stereocenters. The summed E-state index contributed by atoms with van der Waals surface area (Å²) in [5, 5.41) is 4.89. The number of benzene rings is 2. The molecule has 0 aliphatic rings. The lowest BCUT2D eigenvalue weighted by Crippen LogP contribution is -2.43. The van der Waals surface area contributed by atoms with Crippen LogP contribution in [0.15, 0.2) is 72.1 Å². The number of hydrogen-bond acceptors (Lipinski definition) is 8. The molecular weight excluding hydrogens is 520 g/mol. The van der Waals surface area contributed by atoms with Gasteiger partial charge in [0.15, 0.2) is 5.69 Å². The average molecular weight is 549 g/mol. The van der Waals surface area contributed by atoms with E-state index in [1.807, 2.05) is 91.1 Å². The maximum atomic E-state index is 14.0. The van der Waals surface area contributed by atoms with Crippen molar-refractivity contribution < 1.29 is 14.4 Å². The summed E-state index contributed by atoms with van der Waals surface area (Å²) in [7, 11) is 3.85. The molecule has 0 fully saturated rings. The topological polar surface area (TPSA) is 135 Å². The second kappa shape index (κ2) is 11.9. The first-order chi connectivity index (χ1) is 18.3. The van der Waals surface area contributed by atoms with Gasteiger partial charge in [-0.05, 0) is 46.2 Å². The molecule has 4 rings (SSSR count). The van der Waals surface area contributed by atoms with Gasteiger partial charge >= 0.3 is 0 Å². The quantitative estimate of drug-likeness (QED) is 0.277. The summed E-state index contributed by atoms with van der Waals surface area (Å²) in [4.78, 5) is 43.9. The summed E-state index contributed by atoms with van der Waals surface area (Å²) >= 11 is 2.26. The van der Waals surface area contributed by atoms with Gasteiger partial charge in [0.25, 0.3) is 11.8 Å². The van der Waals surface area contributed by atoms with E-state index in [-0.39, 0.29) is 28.7 Å². The van der Waals surface area contributed by atoms with Crippen LogP contribution in [0.25, 0.3) is 0 Å². The van der Waals surface area contributed by atoms with Crippen molar-refractivity contribution in [3.8, 4) is 0 Å². The van der Waals surface area contributed by atoms with Crippen LogP contribution in [0.5, 0.6) is 0 Å². The number of rotatable bonds is 10. The number of aromatic nitrogens is 1. The van der Waals surface area contributed by atoms with Crippen LogP contribution < -0.4 is 21.7 Å². The molecule has 0 aliphatic carbocycles. The molecule has 0 saturated carbocycles. The molecule has 0 bridgehead atoms. The third-order valence-corrected chi connectivity index (χ3v) is 7.63. The van der Waals surface area contributed by atoms with Gasteiger partial charge in [0, 0.05) is 31.2 Å². The summed E-state index contributed by atoms with van der Waals surface area (Å²) in [6.07, 6.45) is 0. The van der Waals surface area contributed by atoms with Crippen molar-refractivity contribution in [2.45, 2.75) is 19.1 Å². The molecule has 2 aromatic heterocycles. The van der Waals surface area contributed by atoms with Gasteiger partial charge in [-0.3, -0.25) is 14.4 Å². The summed E-state index contributed by atoms with van der Waals surface area (Å²) in [6, 6.07) is 19.8. The predicted molar refractivity (Wildman–Crippen MR) is 151 cm³/mol. The van der Waals surface area contributed by atoms with E-state index in [0.29, 0.717) is 12.1 Å². The molecule has 196 valence electrons. The first-order valence-corrected chi connectivity index (χ1v) is 13.4. The Balaban J connectivity index is 1.76. The molecule has 3 amide bonds. The van der Waals surface area contributed by atoms with Crippen molar-refractivity contribution in [1.29, 1.82) is 0 Å². The lowest BCUT2D eigenvalue weighted by atomic mass is 10.0. The Kier molecular flexibility index (Phi) is 8.39. The molecule has 0 radical (unpaired) electrons. The first kappa shape index (κ1) is 26.8. The Morgan fingerprint density at radius 2 is 1.71 bits per heavy atom. The normalized spacial score (nSPS) is 11.5. The highest BCUT2D eigenvalue weighted by atomic mass is 32.1. The number of primary amides is 1. The third-order valence-electron chi connectivity index (χ3n) is 5.92. The van der Waals surface area contributed by atoms with Crippen molar-refractivity contribution in [3.05, 3.63) is 98.7 Å². The lowest BCUT2D eigenvalue weighted by Gasteiger charge is -2.31. The Morgan fingerprint density at radius 3 is 2.29 bits per heavy atom. The summed E-state index contributed by atoms with van der Waals surface area (Å²) in [5.41, 5.74) is 13.8. The highest BCUT2D eigenvalue weighted by Crippen LogP contribution is 2.31. The molecule has 11 heteroatoms. The van der Waals surface area contributed by atoms with E-state index >= 15 is 0 Å². The second-order valence-electron chi connectivity index (χ2n) is 8.74. The smallest absolute Gasteiger partial charge is 0.270 e. The molecule has 1 atom stereocenters. The zero-order chi connectivity index (χ0) is 27.2. The highest BCUT2D eigenvalue weighted by Gasteiger charge is 2.35. The van der Waals surface area contributed by atoms with Gasteiger partial charge in [-0.2, -0.15) is 4.37 Å². The molecule has 5 N–H and O–H groups in total. The maximum absolute atomic E-state index is 14.0. The van der Waals surface area contributed by atoms with E-state index in [2.05, 4.69) is 9.69 Å². The standard InChI is InChI=1S/C27H28N6O3S2/c1-32(2)19-12-10-18(11-13-19)23(26(35)30-15-17-7-4-3-5-8-17)33(16-20-9-6-14-37-20)27(36)24-21(28)22(25(29)34)31-38-24/h3-14,23H,15-16,28H2,1-2H3,(H2,29,34)(H,30,35)/t23-/m0/s1. The number of nitrogens with zero attached hydrogens (tertiary/aromatic N) is 3. The number of nitrogen functional groups attached to an aromatic ring is 1. The largest absolute Gasteiger partial charge is 0.395 e. The molecule has 0 saturated heterocycles. The third kappa shape index (κ3) is 6.01. The number of anilines is 2. The predicted octanol–water partition coefficient (Wildman–Crippen LogP) is 3.65. The Labute approximate surface area is 228 Å². The van der Waals surface area contributed by atoms with Crippen molar-refractivity contribution in [3.63, 3.8) is 0 Å². The first-order valence-electron chi connectivity index (χ1n) is 11.7. The molecule has 2 aromatic carbocycles. The second-order valence-corrected chi connectivity index (χ2v) is 10.5. The number of carbonyl (C=O) groups is 3. The molecule has 0 spiro atoms. The van der Waals surface area contributed by atoms with Gasteiger partial charge in [-0.15, -0.1) is 11.3 Å². The van der Waals surface area contributed by atoms with Crippen LogP contribution in [0.2, 0.25) is 0 Å². The van der Waals surface area contributed by atoms with Crippen molar-refractivity contribution in [2.75, 3.05) is 24.7 Å². The zero-order valence-electron chi connectivity index (χ0n) is 21.0. The minimum Gasteiger partial charge on any atom is -0.395 e. The van der Waals surface area contributed by atoms with Crippen LogP contribution in [0.4, 0.5) is 11.4 Å². The van der Waals surface area contributed by atoms with Gasteiger partial charge < -0.3 is 26.6 Å². The van der Waals surface area contributed by atoms with E-state index in [9.17, 15) is 14.4 Å². The van der Waals surface area contributed by atoms with Crippen molar-refractivity contribution in [1.82, 2.24) is 14.6 Å². The van der Waals surface area contributed by atoms with Crippen molar-refractivity contribution in [2.24, 2.45) is 5.73 Å². The van der Waals surface area contributed by atoms with E-state index < -0.39 is 17.9 Å². The molecule has 2 heterocycles. The summed E-state index contributed by atoms with van der Waals surface area (Å²) in [5.74, 6) is -1.69. The number of nitrogens with one attached hydrogen (secondary N) is 1. The van der Waals surface area contributed by atoms with Crippen molar-refractivity contribution >= 4 is 52.0 Å². The fourth-order valence-electron chi connectivity index (χ4n) is 3.92. The van der Waals surface area contributed by atoms with Gasteiger partial charge in [-0.1, -0.05) is 48.5 Å². The SMILES string of the molecule is CN(C)c1ccc([C@@H](C(=O)NCc2ccccc2)N(Cc2cccs2)C(=O)c2snc(C(N)=O)c2N)cc1. The van der Waals surface area contributed by atoms with Gasteiger partial charge in [0.2, 0.25) is 5.91 Å². The van der Waals surface area contributed by atoms with Crippen LogP contribution in [0.3, 0.4) is 0 Å². The minimum absolute atomic E-state index is 0.0566. The van der Waals surface area contributed by atoms with Gasteiger partial charge in [0.1, 0.15) is 10.9 Å². The molecular formula is C27H28N6O3S2. The zero-order valence-corrected chi connectivity index (χ0v) is 22.6. The van der Waals surface area contributed by atoms with Crippen LogP contribution in [0.1, 0.15) is 42.2 Å². The summed E-state index contributed by atoms with van der Waals surface area (Å²) in [6.45, 7) is 0.445. The number of amides is 3. The van der Waals surface area contributed by atoms with E-state index in [1.165, 1.54) is 16.2 Å². The van der Waals surface area contributed by atoms with Crippen LogP contribution in [-0.2, 0) is 17.9 Å². The monoisotopic (exact) mass is 548 g/mol. The summed E-state index contributed by atoms with van der Waals surface area (Å²) < 4.78 is 3.99. The van der Waals surface area contributed by atoms with E-state index in [1.54, 1.807) is 0 Å². The fourth-order valence-corrected chi connectivity index (χ4v) is 5.38. The molecule has 38 heavy (non-hydrogen) atoms. The maximum Gasteiger partial charge on any atom is 0.270 e. The molecule has 9 nitrogen and oxygen atoms in total. The van der Waals surface area contributed by atoms with Gasteiger partial charge in [0.05, 0.1) is 12.2 Å². The number of carbonyl (C=O) groups excluding carboxylic acids is 3. The number of hydrogen-bond donors (Lipinski definition) is 3. The molecule has 4 aromatic rings. The lowest BCUT2D eigenvalue weighted by molar-refractivity contribution is -0.126. The van der Waals surface area contributed by atoms with E-state index in [0.717, 1.165) is 27.7 Å². The fraction of sp³-hybridized carbons (Fsp3) is 0.185. The number of thiophene rings is 1. The molecule has 0 aliphatic heterocycles. The number of nitrogens with two attached hydrogens (primary N) is 2. The van der Waals surface area contributed by atoms with Crippen LogP contribution in [0, 0.1) is 0 Å². The van der Waals surface area contributed by atoms with E-state index in [4.69, 9.17) is 11.5 Å². The van der Waals surface area contributed by atoms with Crippen LogP contribution >= 0.6 is 22.9 Å². The van der Waals surface area contributed by atoms with Gasteiger partial charge in [-0.25, -0.2) is 0 Å². The highest BCUT2D eigenvalue weighted by molar-refractivity contribution is 7.10. The Morgan fingerprint density at radius 1 is 1.00 bits per heavy atom. The van der Waals surface area contributed by atoms with Crippen LogP contribution in [-0.4, -0.2) is 41.1 Å². The minimum atomic E-state index is -0.983.